The van der Waals surface area contributed by atoms with E-state index in [0.29, 0.717) is 43.4 Å². The van der Waals surface area contributed by atoms with Crippen molar-refractivity contribution in [2.24, 2.45) is 7.05 Å². The van der Waals surface area contributed by atoms with Gasteiger partial charge in [-0.15, -0.1) is 11.3 Å². The van der Waals surface area contributed by atoms with Gasteiger partial charge in [-0.3, -0.25) is 14.2 Å². The summed E-state index contributed by atoms with van der Waals surface area (Å²) in [6.07, 6.45) is 5.06. The van der Waals surface area contributed by atoms with Gasteiger partial charge in [0.1, 0.15) is 23.0 Å². The summed E-state index contributed by atoms with van der Waals surface area (Å²) in [5.74, 6) is -0.0268. The fourth-order valence-corrected chi connectivity index (χ4v) is 5.86. The van der Waals surface area contributed by atoms with E-state index in [9.17, 15) is 9.18 Å². The number of amides is 1. The van der Waals surface area contributed by atoms with Crippen LogP contribution in [0.1, 0.15) is 12.6 Å². The van der Waals surface area contributed by atoms with Crippen molar-refractivity contribution >= 4 is 27.3 Å². The van der Waals surface area contributed by atoms with Crippen molar-refractivity contribution in [3.05, 3.63) is 72.3 Å². The number of aryl methyl sites for hydroxylation is 1. The molecular formula is C28H25FN6O2S. The van der Waals surface area contributed by atoms with Crippen molar-refractivity contribution in [2.75, 3.05) is 13.2 Å². The van der Waals surface area contributed by atoms with Crippen molar-refractivity contribution in [2.45, 2.75) is 20.0 Å². The molecule has 1 amide bonds. The number of hydrogen-bond donors (Lipinski definition) is 0. The normalized spacial score (nSPS) is 13.1. The zero-order valence-corrected chi connectivity index (χ0v) is 21.8. The molecular weight excluding hydrogens is 503 g/mol. The van der Waals surface area contributed by atoms with Crippen LogP contribution in [0.15, 0.2) is 60.8 Å². The second kappa shape index (κ2) is 9.53. The van der Waals surface area contributed by atoms with Gasteiger partial charge in [0.05, 0.1) is 37.3 Å². The SMILES string of the molecule is C=CC(=O)N1CCn2nc(-c3nc(-c4cnn(C)c4)c4ccsc4c3-c3ccc(F)cc3OCC)cc2C1. The maximum Gasteiger partial charge on any atom is 0.246 e. The number of nitrogens with zero attached hydrogens (tertiary/aromatic N) is 6. The molecule has 0 saturated carbocycles. The minimum absolute atomic E-state index is 0.107. The number of carbonyl (C=O) groups excluding carboxylic acids is 1. The summed E-state index contributed by atoms with van der Waals surface area (Å²) in [4.78, 5) is 19.2. The molecule has 6 rings (SSSR count). The van der Waals surface area contributed by atoms with Gasteiger partial charge in [-0.05, 0) is 42.6 Å². The highest BCUT2D eigenvalue weighted by Gasteiger charge is 2.26. The number of benzene rings is 1. The quantitative estimate of drug-likeness (QED) is 0.280. The third kappa shape index (κ3) is 4.06. The number of fused-ring (bicyclic) bond motifs is 2. The minimum atomic E-state index is -0.370. The molecule has 10 heteroatoms. The Morgan fingerprint density at radius 3 is 2.87 bits per heavy atom. The molecule has 0 aliphatic carbocycles. The molecule has 0 bridgehead atoms. The first-order valence-electron chi connectivity index (χ1n) is 12.3. The van der Waals surface area contributed by atoms with Crippen LogP contribution in [0.2, 0.25) is 0 Å². The highest BCUT2D eigenvalue weighted by molar-refractivity contribution is 7.18. The average molecular weight is 529 g/mol. The summed E-state index contributed by atoms with van der Waals surface area (Å²) in [6.45, 7) is 7.44. The summed E-state index contributed by atoms with van der Waals surface area (Å²) < 4.78 is 24.8. The van der Waals surface area contributed by atoms with Crippen LogP contribution in [0.25, 0.3) is 43.9 Å². The van der Waals surface area contributed by atoms with E-state index in [1.165, 1.54) is 18.2 Å². The first kappa shape index (κ1) is 24.1. The number of hydrogen-bond acceptors (Lipinski definition) is 6. The predicted octanol–water partition coefficient (Wildman–Crippen LogP) is 5.29. The molecule has 4 aromatic heterocycles. The van der Waals surface area contributed by atoms with Crippen molar-refractivity contribution in [3.8, 4) is 39.5 Å². The van der Waals surface area contributed by atoms with Gasteiger partial charge in [0.25, 0.3) is 0 Å². The Balaban J connectivity index is 1.61. The number of carbonyl (C=O) groups is 1. The Bertz CT molecular complexity index is 1700. The van der Waals surface area contributed by atoms with Gasteiger partial charge in [0.15, 0.2) is 0 Å². The van der Waals surface area contributed by atoms with Crippen molar-refractivity contribution < 1.29 is 13.9 Å². The van der Waals surface area contributed by atoms with E-state index in [2.05, 4.69) is 11.7 Å². The first-order chi connectivity index (χ1) is 18.5. The topological polar surface area (TPSA) is 78.1 Å². The van der Waals surface area contributed by atoms with Gasteiger partial charge in [-0.25, -0.2) is 9.37 Å². The minimum Gasteiger partial charge on any atom is -0.493 e. The molecule has 0 radical (unpaired) electrons. The van der Waals surface area contributed by atoms with E-state index in [1.54, 1.807) is 33.2 Å². The molecule has 1 aliphatic rings. The summed E-state index contributed by atoms with van der Waals surface area (Å²) in [6, 6.07) is 8.61. The van der Waals surface area contributed by atoms with E-state index in [-0.39, 0.29) is 11.7 Å². The Hall–Kier alpha value is -4.31. The lowest BCUT2D eigenvalue weighted by Gasteiger charge is -2.26. The van der Waals surface area contributed by atoms with E-state index in [1.807, 2.05) is 42.4 Å². The standard InChI is InChI=1S/C28H25FN6O2S/c1-4-24(36)34-9-10-35-19(16-34)13-22(32-35)27-25(20-7-6-18(29)12-23(20)37-5-2)28-21(8-11-38-28)26(31-27)17-14-30-33(3)15-17/h4,6-8,11-15H,1,5,9-10,16H2,2-3H3. The van der Waals surface area contributed by atoms with Crippen LogP contribution < -0.4 is 4.74 Å². The molecule has 1 aromatic carbocycles. The third-order valence-corrected chi connectivity index (χ3v) is 7.56. The third-order valence-electron chi connectivity index (χ3n) is 6.63. The van der Waals surface area contributed by atoms with E-state index >= 15 is 0 Å². The van der Waals surface area contributed by atoms with Gasteiger partial charge in [-0.1, -0.05) is 6.58 Å². The lowest BCUT2D eigenvalue weighted by molar-refractivity contribution is -0.127. The first-order valence-corrected chi connectivity index (χ1v) is 13.2. The molecule has 1 aliphatic heterocycles. The Labute approximate surface area is 222 Å². The van der Waals surface area contributed by atoms with E-state index in [4.69, 9.17) is 14.8 Å². The molecule has 0 atom stereocenters. The maximum absolute atomic E-state index is 14.3. The van der Waals surface area contributed by atoms with Gasteiger partial charge in [-0.2, -0.15) is 10.2 Å². The number of pyridine rings is 1. The zero-order chi connectivity index (χ0) is 26.4. The fourth-order valence-electron chi connectivity index (χ4n) is 4.90. The summed E-state index contributed by atoms with van der Waals surface area (Å²) in [5.41, 5.74) is 5.51. The Morgan fingerprint density at radius 1 is 1.24 bits per heavy atom. The molecule has 0 fully saturated rings. The monoisotopic (exact) mass is 528 g/mol. The maximum atomic E-state index is 14.3. The number of ether oxygens (including phenoxy) is 1. The van der Waals surface area contributed by atoms with Crippen molar-refractivity contribution in [1.29, 1.82) is 0 Å². The summed E-state index contributed by atoms with van der Waals surface area (Å²) in [5, 5.41) is 12.3. The average Bonchev–Trinajstić information content (AvgIpc) is 3.67. The second-order valence-electron chi connectivity index (χ2n) is 9.03. The molecule has 0 saturated heterocycles. The molecule has 0 unspecified atom stereocenters. The van der Waals surface area contributed by atoms with Gasteiger partial charge >= 0.3 is 0 Å². The van der Waals surface area contributed by atoms with E-state index in [0.717, 1.165) is 38.2 Å². The van der Waals surface area contributed by atoms with Crippen molar-refractivity contribution in [1.82, 2.24) is 29.4 Å². The van der Waals surface area contributed by atoms with E-state index < -0.39 is 0 Å². The van der Waals surface area contributed by atoms with Crippen LogP contribution in [0.5, 0.6) is 5.75 Å². The fraction of sp³-hybridized carbons (Fsp3) is 0.214. The molecule has 0 spiro atoms. The molecule has 8 nitrogen and oxygen atoms in total. The molecule has 5 aromatic rings. The lowest BCUT2D eigenvalue weighted by atomic mass is 9.97. The Morgan fingerprint density at radius 2 is 2.11 bits per heavy atom. The van der Waals surface area contributed by atoms with Crippen LogP contribution in [-0.2, 0) is 24.9 Å². The predicted molar refractivity (Wildman–Crippen MR) is 145 cm³/mol. The number of thiophene rings is 1. The van der Waals surface area contributed by atoms with Gasteiger partial charge in [0, 0.05) is 52.6 Å². The molecule has 38 heavy (non-hydrogen) atoms. The highest BCUT2D eigenvalue weighted by Crippen LogP contribution is 2.46. The zero-order valence-electron chi connectivity index (χ0n) is 21.0. The highest BCUT2D eigenvalue weighted by atomic mass is 32.1. The number of halogens is 1. The lowest BCUT2D eigenvalue weighted by Crippen LogP contribution is -2.37. The number of aromatic nitrogens is 5. The Kier molecular flexibility index (Phi) is 6.03. The number of rotatable bonds is 6. The van der Waals surface area contributed by atoms with Crippen LogP contribution >= 0.6 is 11.3 Å². The van der Waals surface area contributed by atoms with Crippen molar-refractivity contribution in [3.63, 3.8) is 0 Å². The smallest absolute Gasteiger partial charge is 0.246 e. The van der Waals surface area contributed by atoms with Crippen LogP contribution in [0.4, 0.5) is 4.39 Å². The second-order valence-corrected chi connectivity index (χ2v) is 9.95. The molecule has 192 valence electrons. The molecule has 0 N–H and O–H groups in total. The summed E-state index contributed by atoms with van der Waals surface area (Å²) >= 11 is 1.59. The van der Waals surface area contributed by atoms with Crippen LogP contribution in [0, 0.1) is 5.82 Å². The van der Waals surface area contributed by atoms with Gasteiger partial charge in [0.2, 0.25) is 5.91 Å². The molecule has 5 heterocycles. The van der Waals surface area contributed by atoms with Gasteiger partial charge < -0.3 is 9.64 Å². The van der Waals surface area contributed by atoms with Crippen LogP contribution in [0.3, 0.4) is 0 Å². The van der Waals surface area contributed by atoms with Crippen LogP contribution in [-0.4, -0.2) is 48.5 Å². The summed E-state index contributed by atoms with van der Waals surface area (Å²) in [7, 11) is 1.87. The largest absolute Gasteiger partial charge is 0.493 e.